The number of rotatable bonds is 0. The Kier molecular flexibility index (Phi) is 2.53. The summed E-state index contributed by atoms with van der Waals surface area (Å²) in [6, 6.07) is 0. The Morgan fingerprint density at radius 1 is 1.13 bits per heavy atom. The molecule has 2 bridgehead atoms. The minimum Gasteiger partial charge on any atom is -0.291 e. The van der Waals surface area contributed by atoms with Crippen molar-refractivity contribution >= 4 is 8.58 Å². The van der Waals surface area contributed by atoms with Gasteiger partial charge in [0.15, 0.2) is 0 Å². The molecule has 2 saturated heterocycles. The lowest BCUT2D eigenvalue weighted by atomic mass is 9.72. The van der Waals surface area contributed by atoms with E-state index >= 15 is 0 Å². The molecule has 0 saturated carbocycles. The predicted octanol–water partition coefficient (Wildman–Crippen LogP) is 3.34. The summed E-state index contributed by atoms with van der Waals surface area (Å²) < 4.78 is 0. The van der Waals surface area contributed by atoms with Crippen LogP contribution in [0.4, 0.5) is 0 Å². The summed E-state index contributed by atoms with van der Waals surface area (Å²) in [5.41, 5.74) is 2.27. The molecule has 0 amide bonds. The molecule has 0 N–H and O–H groups in total. The summed E-state index contributed by atoms with van der Waals surface area (Å²) in [5, 5.41) is 0. The monoisotopic (exact) mass is 227 g/mol. The van der Waals surface area contributed by atoms with E-state index in [-0.39, 0.29) is 0 Å². The van der Waals surface area contributed by atoms with Gasteiger partial charge in [0.2, 0.25) is 0 Å². The van der Waals surface area contributed by atoms with E-state index in [0.29, 0.717) is 16.5 Å². The van der Waals surface area contributed by atoms with Crippen molar-refractivity contribution in [3.05, 3.63) is 0 Å². The van der Waals surface area contributed by atoms with Crippen LogP contribution < -0.4 is 0 Å². The molecule has 3 unspecified atom stereocenters. The second-order valence-electron chi connectivity index (χ2n) is 7.34. The highest BCUT2D eigenvalue weighted by Gasteiger charge is 2.58. The van der Waals surface area contributed by atoms with Gasteiger partial charge < -0.3 is 0 Å². The molecule has 15 heavy (non-hydrogen) atoms. The number of hydrogen-bond acceptors (Lipinski definition) is 1. The zero-order chi connectivity index (χ0) is 11.5. The van der Waals surface area contributed by atoms with Gasteiger partial charge in [0.1, 0.15) is 0 Å². The molecule has 0 spiro atoms. The molecule has 2 aliphatic rings. The first-order valence-corrected chi connectivity index (χ1v) is 7.46. The van der Waals surface area contributed by atoms with Gasteiger partial charge in [0, 0.05) is 17.6 Å². The van der Waals surface area contributed by atoms with Crippen molar-refractivity contribution in [2.24, 2.45) is 5.41 Å². The van der Waals surface area contributed by atoms with Crippen LogP contribution in [0.5, 0.6) is 0 Å². The SMILES string of the molecule is CC(C)(C)N1CC2CC1(C(C)(C)C)CP2. The maximum absolute atomic E-state index is 2.81. The van der Waals surface area contributed by atoms with Gasteiger partial charge in [-0.3, -0.25) is 4.90 Å². The zero-order valence-corrected chi connectivity index (χ0v) is 12.1. The van der Waals surface area contributed by atoms with Crippen molar-refractivity contribution in [2.75, 3.05) is 12.7 Å². The normalized spacial score (nSPS) is 39.2. The number of likely N-dealkylation sites (tertiary alicyclic amines) is 1. The third-order valence-electron chi connectivity index (χ3n) is 4.39. The average Bonchev–Trinajstić information content (AvgIpc) is 2.57. The molecule has 0 aromatic carbocycles. The smallest absolute Gasteiger partial charge is 0.0306 e. The predicted molar refractivity (Wildman–Crippen MR) is 70.2 cm³/mol. The molecule has 2 aliphatic heterocycles. The Balaban J connectivity index is 2.36. The van der Waals surface area contributed by atoms with Crippen LogP contribution in [-0.4, -0.2) is 34.3 Å². The van der Waals surface area contributed by atoms with Crippen LogP contribution in [0.1, 0.15) is 48.0 Å². The van der Waals surface area contributed by atoms with E-state index in [1.165, 1.54) is 27.7 Å². The summed E-state index contributed by atoms with van der Waals surface area (Å²) in [4.78, 5) is 2.81. The largest absolute Gasteiger partial charge is 0.291 e. The fraction of sp³-hybridized carbons (Fsp3) is 1.00. The molecule has 0 aliphatic carbocycles. The second-order valence-corrected chi connectivity index (χ2v) is 8.92. The third kappa shape index (κ3) is 1.67. The van der Waals surface area contributed by atoms with Crippen LogP contribution >= 0.6 is 8.58 Å². The first kappa shape index (κ1) is 11.9. The van der Waals surface area contributed by atoms with E-state index in [1.54, 1.807) is 0 Å². The van der Waals surface area contributed by atoms with E-state index in [2.05, 4.69) is 46.4 Å². The Morgan fingerprint density at radius 2 is 1.73 bits per heavy atom. The molecule has 88 valence electrons. The highest BCUT2D eigenvalue weighted by Crippen LogP contribution is 2.58. The first-order valence-electron chi connectivity index (χ1n) is 6.18. The van der Waals surface area contributed by atoms with Crippen LogP contribution in [-0.2, 0) is 0 Å². The van der Waals surface area contributed by atoms with Gasteiger partial charge in [-0.25, -0.2) is 0 Å². The van der Waals surface area contributed by atoms with Gasteiger partial charge in [-0.05, 0) is 44.4 Å². The van der Waals surface area contributed by atoms with Gasteiger partial charge in [-0.15, -0.1) is 8.58 Å². The topological polar surface area (TPSA) is 3.24 Å². The van der Waals surface area contributed by atoms with Crippen molar-refractivity contribution in [3.63, 3.8) is 0 Å². The first-order chi connectivity index (χ1) is 6.67. The van der Waals surface area contributed by atoms with Gasteiger partial charge in [-0.1, -0.05) is 20.8 Å². The van der Waals surface area contributed by atoms with Gasteiger partial charge in [-0.2, -0.15) is 0 Å². The van der Waals surface area contributed by atoms with Crippen LogP contribution in [0.2, 0.25) is 0 Å². The zero-order valence-electron chi connectivity index (χ0n) is 11.1. The fourth-order valence-corrected chi connectivity index (χ4v) is 5.77. The van der Waals surface area contributed by atoms with Crippen LogP contribution in [0.3, 0.4) is 0 Å². The molecule has 1 nitrogen and oxygen atoms in total. The summed E-state index contributed by atoms with van der Waals surface area (Å²) in [6.45, 7) is 15.8. The Hall–Kier alpha value is 0.390. The van der Waals surface area contributed by atoms with Crippen LogP contribution in [0.15, 0.2) is 0 Å². The average molecular weight is 227 g/mol. The van der Waals surface area contributed by atoms with Gasteiger partial charge >= 0.3 is 0 Å². The Labute approximate surface area is 96.8 Å². The molecule has 0 radical (unpaired) electrons. The molecular weight excluding hydrogens is 201 g/mol. The number of hydrogen-bond donors (Lipinski definition) is 0. The van der Waals surface area contributed by atoms with Crippen molar-refractivity contribution in [1.29, 1.82) is 0 Å². The van der Waals surface area contributed by atoms with E-state index in [0.717, 1.165) is 5.66 Å². The molecule has 0 aromatic heterocycles. The molecule has 3 atom stereocenters. The maximum atomic E-state index is 2.81. The second kappa shape index (κ2) is 3.20. The molecule has 0 aromatic rings. The van der Waals surface area contributed by atoms with Crippen LogP contribution in [0.25, 0.3) is 0 Å². The lowest BCUT2D eigenvalue weighted by molar-refractivity contribution is -0.0155. The molecule has 2 rings (SSSR count). The van der Waals surface area contributed by atoms with Gasteiger partial charge in [0.05, 0.1) is 0 Å². The van der Waals surface area contributed by atoms with Crippen molar-refractivity contribution in [1.82, 2.24) is 4.90 Å². The molecule has 2 heterocycles. The standard InChI is InChI=1S/C13H26NP/c1-11(2,3)13-7-10(15-9-13)8-14(13)12(4,5)6/h10,15H,7-9H2,1-6H3. The fourth-order valence-electron chi connectivity index (χ4n) is 3.49. The highest BCUT2D eigenvalue weighted by atomic mass is 31.1. The van der Waals surface area contributed by atoms with E-state index in [9.17, 15) is 0 Å². The minimum absolute atomic E-state index is 0.340. The highest BCUT2D eigenvalue weighted by molar-refractivity contribution is 7.39. The lowest BCUT2D eigenvalue weighted by Gasteiger charge is -2.53. The molecule has 2 fully saturated rings. The molecule has 2 heteroatoms. The third-order valence-corrected chi connectivity index (χ3v) is 6.15. The molecular formula is C13H26NP. The summed E-state index contributed by atoms with van der Waals surface area (Å²) >= 11 is 0. The van der Waals surface area contributed by atoms with Crippen LogP contribution in [0, 0.1) is 5.41 Å². The van der Waals surface area contributed by atoms with Crippen molar-refractivity contribution < 1.29 is 0 Å². The quantitative estimate of drug-likeness (QED) is 0.574. The maximum Gasteiger partial charge on any atom is 0.0306 e. The van der Waals surface area contributed by atoms with Gasteiger partial charge in [0.25, 0.3) is 0 Å². The summed E-state index contributed by atoms with van der Waals surface area (Å²) in [7, 11) is 1.22. The summed E-state index contributed by atoms with van der Waals surface area (Å²) in [5.74, 6) is 0. The minimum atomic E-state index is 0.340. The van der Waals surface area contributed by atoms with E-state index < -0.39 is 0 Å². The number of nitrogens with zero attached hydrogens (tertiary/aromatic N) is 1. The van der Waals surface area contributed by atoms with Crippen molar-refractivity contribution in [3.8, 4) is 0 Å². The Bertz CT molecular complexity index is 261. The van der Waals surface area contributed by atoms with Crippen molar-refractivity contribution in [2.45, 2.75) is 64.7 Å². The Morgan fingerprint density at radius 3 is 2.07 bits per heavy atom. The number of fused-ring (bicyclic) bond motifs is 2. The summed E-state index contributed by atoms with van der Waals surface area (Å²) in [6.07, 6.45) is 2.89. The van der Waals surface area contributed by atoms with E-state index in [1.807, 2.05) is 0 Å². The lowest BCUT2D eigenvalue weighted by Crippen LogP contribution is -2.61. The van der Waals surface area contributed by atoms with E-state index in [4.69, 9.17) is 0 Å².